The Morgan fingerprint density at radius 3 is 2.38 bits per heavy atom. The van der Waals surface area contributed by atoms with Gasteiger partial charge in [0.2, 0.25) is 0 Å². The third-order valence-electron chi connectivity index (χ3n) is 2.39. The quantitative estimate of drug-likeness (QED) is 0.653. The minimum atomic E-state index is -0.440. The van der Waals surface area contributed by atoms with Crippen LogP contribution in [0.1, 0.15) is 27.7 Å². The molecule has 1 N–H and O–H groups in total. The van der Waals surface area contributed by atoms with E-state index in [1.807, 2.05) is 23.2 Å². The molecule has 0 saturated heterocycles. The van der Waals surface area contributed by atoms with Crippen molar-refractivity contribution in [1.29, 1.82) is 0 Å². The molecule has 0 radical (unpaired) electrons. The van der Waals surface area contributed by atoms with E-state index in [-0.39, 0.29) is 0 Å². The molecule has 2 nitrogen and oxygen atoms in total. The van der Waals surface area contributed by atoms with Gasteiger partial charge in [-0.1, -0.05) is 19.9 Å². The van der Waals surface area contributed by atoms with Crippen molar-refractivity contribution >= 4 is 7.05 Å². The van der Waals surface area contributed by atoms with Gasteiger partial charge in [0.1, 0.15) is 0 Å². The van der Waals surface area contributed by atoms with E-state index in [0.717, 1.165) is 5.47 Å². The lowest BCUT2D eigenvalue weighted by atomic mass is 9.64. The Labute approximate surface area is 81.1 Å². The lowest BCUT2D eigenvalue weighted by Crippen LogP contribution is -2.44. The van der Waals surface area contributed by atoms with Crippen LogP contribution in [0, 0.1) is 5.92 Å². The van der Waals surface area contributed by atoms with Crippen molar-refractivity contribution in [3.8, 4) is 0 Å². The Kier molecular flexibility index (Phi) is 3.20. The van der Waals surface area contributed by atoms with E-state index in [0.29, 0.717) is 12.0 Å². The first kappa shape index (κ1) is 10.4. The van der Waals surface area contributed by atoms with Crippen LogP contribution in [-0.4, -0.2) is 22.9 Å². The average molecular weight is 179 g/mol. The Morgan fingerprint density at radius 2 is 1.92 bits per heavy atom. The van der Waals surface area contributed by atoms with Gasteiger partial charge in [-0.3, -0.25) is 0 Å². The number of allylic oxidation sites excluding steroid dienone is 3. The van der Waals surface area contributed by atoms with E-state index in [2.05, 4.69) is 27.7 Å². The van der Waals surface area contributed by atoms with E-state index in [1.54, 1.807) is 0 Å². The van der Waals surface area contributed by atoms with Crippen LogP contribution < -0.4 is 0 Å². The fourth-order valence-electron chi connectivity index (χ4n) is 1.54. The van der Waals surface area contributed by atoms with Crippen molar-refractivity contribution in [2.24, 2.45) is 5.92 Å². The van der Waals surface area contributed by atoms with E-state index in [9.17, 15) is 5.02 Å². The van der Waals surface area contributed by atoms with Gasteiger partial charge < -0.3 is 9.83 Å². The van der Waals surface area contributed by atoms with Gasteiger partial charge in [0, 0.05) is 6.04 Å². The smallest absolute Gasteiger partial charge is 0.429 e. The third kappa shape index (κ3) is 2.16. The van der Waals surface area contributed by atoms with E-state index < -0.39 is 7.05 Å². The van der Waals surface area contributed by atoms with Crippen LogP contribution in [0.15, 0.2) is 23.8 Å². The van der Waals surface area contributed by atoms with Gasteiger partial charge in [-0.05, 0) is 37.5 Å². The average Bonchev–Trinajstić information content (AvgIpc) is 2.03. The summed E-state index contributed by atoms with van der Waals surface area (Å²) in [5, 5.41) is 9.98. The maximum Gasteiger partial charge on any atom is 0.445 e. The number of nitrogens with zero attached hydrogens (tertiary/aromatic N) is 1. The molecule has 0 aliphatic carbocycles. The van der Waals surface area contributed by atoms with Gasteiger partial charge >= 0.3 is 7.05 Å². The van der Waals surface area contributed by atoms with E-state index in [4.69, 9.17) is 0 Å². The summed E-state index contributed by atoms with van der Waals surface area (Å²) < 4.78 is 0. The first-order valence-electron chi connectivity index (χ1n) is 4.87. The Hall–Kier alpha value is -0.695. The third-order valence-corrected chi connectivity index (χ3v) is 2.39. The Balaban J connectivity index is 2.80. The van der Waals surface area contributed by atoms with Crippen molar-refractivity contribution in [1.82, 2.24) is 4.81 Å². The van der Waals surface area contributed by atoms with Crippen molar-refractivity contribution in [2.45, 2.75) is 33.7 Å². The largest absolute Gasteiger partial charge is 0.445 e. The molecule has 1 rings (SSSR count). The van der Waals surface area contributed by atoms with Gasteiger partial charge in [-0.25, -0.2) is 0 Å². The monoisotopic (exact) mass is 179 g/mol. The highest BCUT2D eigenvalue weighted by Crippen LogP contribution is 2.20. The van der Waals surface area contributed by atoms with Crippen molar-refractivity contribution < 1.29 is 5.02 Å². The fourth-order valence-corrected chi connectivity index (χ4v) is 1.54. The predicted octanol–water partition coefficient (Wildman–Crippen LogP) is 1.83. The summed E-state index contributed by atoms with van der Waals surface area (Å²) in [5.41, 5.74) is 1.09. The molecule has 0 unspecified atom stereocenters. The molecule has 3 heteroatoms. The molecule has 0 atom stereocenters. The molecule has 72 valence electrons. The summed E-state index contributed by atoms with van der Waals surface area (Å²) in [6.07, 6.45) is 5.96. The Morgan fingerprint density at radius 1 is 1.31 bits per heavy atom. The van der Waals surface area contributed by atoms with Gasteiger partial charge in [-0.2, -0.15) is 0 Å². The van der Waals surface area contributed by atoms with Crippen LogP contribution in [0.25, 0.3) is 0 Å². The van der Waals surface area contributed by atoms with Gasteiger partial charge in [0.15, 0.2) is 0 Å². The summed E-state index contributed by atoms with van der Waals surface area (Å²) in [5.74, 6) is 0.404. The lowest BCUT2D eigenvalue weighted by Gasteiger charge is -2.32. The first-order chi connectivity index (χ1) is 6.04. The summed E-state index contributed by atoms with van der Waals surface area (Å²) in [4.78, 5) is 1.97. The zero-order chi connectivity index (χ0) is 10.0. The summed E-state index contributed by atoms with van der Waals surface area (Å²) >= 11 is 0. The number of rotatable bonds is 2. The zero-order valence-electron chi connectivity index (χ0n) is 8.86. The highest BCUT2D eigenvalue weighted by molar-refractivity contribution is 6.57. The molecule has 1 aliphatic rings. The predicted molar refractivity (Wildman–Crippen MR) is 57.0 cm³/mol. The number of hydrogen-bond donors (Lipinski definition) is 1. The van der Waals surface area contributed by atoms with E-state index >= 15 is 0 Å². The minimum absolute atomic E-state index is 0.341. The standard InChI is InChI=1S/C10H18BNO/c1-8(2)10-6-5-7-12(9(3)4)11(10)13/h5-9,13H,1-4H3. The SMILES string of the molecule is CC(C)C1=CC=CN(C(C)C)B1O. The Bertz CT molecular complexity index is 233. The molecule has 0 saturated carbocycles. The topological polar surface area (TPSA) is 23.5 Å². The van der Waals surface area contributed by atoms with Crippen LogP contribution >= 0.6 is 0 Å². The molecule has 0 bridgehead atoms. The molecule has 0 amide bonds. The summed E-state index contributed by atoms with van der Waals surface area (Å²) in [6, 6.07) is 0.341. The second-order valence-corrected chi connectivity index (χ2v) is 4.08. The summed E-state index contributed by atoms with van der Waals surface area (Å²) in [7, 11) is -0.440. The van der Waals surface area contributed by atoms with Crippen molar-refractivity contribution in [3.05, 3.63) is 23.8 Å². The molecule has 0 aromatic heterocycles. The fraction of sp³-hybridized carbons (Fsp3) is 0.600. The first-order valence-corrected chi connectivity index (χ1v) is 4.87. The van der Waals surface area contributed by atoms with Gasteiger partial charge in [0.25, 0.3) is 0 Å². The maximum absolute atomic E-state index is 9.98. The molecule has 1 aliphatic heterocycles. The molecule has 0 aromatic rings. The highest BCUT2D eigenvalue weighted by Gasteiger charge is 2.29. The van der Waals surface area contributed by atoms with Crippen molar-refractivity contribution in [3.63, 3.8) is 0 Å². The second kappa shape index (κ2) is 4.01. The van der Waals surface area contributed by atoms with Gasteiger partial charge in [0.05, 0.1) is 0 Å². The molecule has 0 spiro atoms. The van der Waals surface area contributed by atoms with Gasteiger partial charge in [-0.15, -0.1) is 0 Å². The summed E-state index contributed by atoms with van der Waals surface area (Å²) in [6.45, 7) is 8.37. The lowest BCUT2D eigenvalue weighted by molar-refractivity contribution is 0.390. The second-order valence-electron chi connectivity index (χ2n) is 4.08. The molecule has 0 fully saturated rings. The maximum atomic E-state index is 9.98. The van der Waals surface area contributed by atoms with Crippen molar-refractivity contribution in [2.75, 3.05) is 0 Å². The molecular weight excluding hydrogens is 161 g/mol. The molecular formula is C10H18BNO. The van der Waals surface area contributed by atoms with Crippen LogP contribution in [0.2, 0.25) is 0 Å². The molecule has 1 heterocycles. The normalized spacial score (nSPS) is 17.3. The molecule has 13 heavy (non-hydrogen) atoms. The zero-order valence-corrected chi connectivity index (χ0v) is 8.86. The highest BCUT2D eigenvalue weighted by atomic mass is 16.2. The minimum Gasteiger partial charge on any atom is -0.429 e. The van der Waals surface area contributed by atoms with Crippen LogP contribution in [-0.2, 0) is 0 Å². The van der Waals surface area contributed by atoms with Crippen LogP contribution in [0.5, 0.6) is 0 Å². The molecule has 0 aromatic carbocycles. The van der Waals surface area contributed by atoms with E-state index in [1.165, 1.54) is 0 Å². The number of hydrogen-bond acceptors (Lipinski definition) is 2. The van der Waals surface area contributed by atoms with Crippen LogP contribution in [0.4, 0.5) is 0 Å². The van der Waals surface area contributed by atoms with Crippen LogP contribution in [0.3, 0.4) is 0 Å².